The van der Waals surface area contributed by atoms with Gasteiger partial charge >= 0.3 is 0 Å². The maximum absolute atomic E-state index is 9.91. The van der Waals surface area contributed by atoms with Crippen molar-refractivity contribution in [2.45, 2.75) is 25.9 Å². The van der Waals surface area contributed by atoms with E-state index in [4.69, 9.17) is 5.84 Å². The van der Waals surface area contributed by atoms with Crippen molar-refractivity contribution in [3.63, 3.8) is 0 Å². The summed E-state index contributed by atoms with van der Waals surface area (Å²) in [6.45, 7) is 2.06. The molecule has 5 heteroatoms. The van der Waals surface area contributed by atoms with Gasteiger partial charge < -0.3 is 10.5 Å². The van der Waals surface area contributed by atoms with Gasteiger partial charge in [0.05, 0.1) is 11.8 Å². The lowest BCUT2D eigenvalue weighted by atomic mass is 10.0. The van der Waals surface area contributed by atoms with Gasteiger partial charge in [-0.15, -0.1) is 0 Å². The number of hydrogen-bond acceptors (Lipinski definition) is 4. The molecule has 0 aromatic heterocycles. The number of hydrogen-bond donors (Lipinski definition) is 4. The normalized spacial score (nSPS) is 12.5. The van der Waals surface area contributed by atoms with E-state index in [1.165, 1.54) is 0 Å². The standard InChI is InChI=1S/C10H16IN3O/c1-2-4-9(15)7-5-3-6-8(10(7)11)13-14-12/h3,5-6,9,13-15H,2,4,12H2,1H3. The summed E-state index contributed by atoms with van der Waals surface area (Å²) in [5, 5.41) is 9.91. The number of anilines is 1. The minimum absolute atomic E-state index is 0.401. The first-order chi connectivity index (χ1) is 7.20. The summed E-state index contributed by atoms with van der Waals surface area (Å²) in [6, 6.07) is 5.74. The highest BCUT2D eigenvalue weighted by Gasteiger charge is 2.12. The van der Waals surface area contributed by atoms with E-state index in [0.717, 1.165) is 27.7 Å². The number of aliphatic hydroxyl groups is 1. The van der Waals surface area contributed by atoms with E-state index in [1.807, 2.05) is 18.2 Å². The number of aliphatic hydroxyl groups excluding tert-OH is 1. The van der Waals surface area contributed by atoms with Gasteiger partial charge in [-0.2, -0.15) is 5.53 Å². The van der Waals surface area contributed by atoms with Gasteiger partial charge in [0.1, 0.15) is 0 Å². The number of nitrogens with one attached hydrogen (secondary N) is 2. The Morgan fingerprint density at radius 1 is 1.53 bits per heavy atom. The Balaban J connectivity index is 2.92. The molecule has 1 atom stereocenters. The largest absolute Gasteiger partial charge is 0.388 e. The summed E-state index contributed by atoms with van der Waals surface area (Å²) in [5.74, 6) is 5.19. The van der Waals surface area contributed by atoms with Crippen LogP contribution < -0.4 is 16.8 Å². The first kappa shape index (κ1) is 12.7. The summed E-state index contributed by atoms with van der Waals surface area (Å²) in [5.41, 5.74) is 7.03. The fourth-order valence-electron chi connectivity index (χ4n) is 1.41. The van der Waals surface area contributed by atoms with Gasteiger partial charge in [0.15, 0.2) is 0 Å². The highest BCUT2D eigenvalue weighted by molar-refractivity contribution is 14.1. The van der Waals surface area contributed by atoms with Crippen LogP contribution in [0, 0.1) is 3.57 Å². The van der Waals surface area contributed by atoms with Crippen LogP contribution in [0.3, 0.4) is 0 Å². The smallest absolute Gasteiger partial charge is 0.0800 e. The molecule has 0 spiro atoms. The predicted molar refractivity (Wildman–Crippen MR) is 70.0 cm³/mol. The zero-order chi connectivity index (χ0) is 11.3. The number of rotatable bonds is 5. The van der Waals surface area contributed by atoms with E-state index in [2.05, 4.69) is 40.5 Å². The average Bonchev–Trinajstić information content (AvgIpc) is 2.22. The third-order valence-corrected chi connectivity index (χ3v) is 3.36. The summed E-state index contributed by atoms with van der Waals surface area (Å²) in [7, 11) is 0. The van der Waals surface area contributed by atoms with Crippen LogP contribution in [0.4, 0.5) is 5.69 Å². The fourth-order valence-corrected chi connectivity index (χ4v) is 2.26. The minimum Gasteiger partial charge on any atom is -0.388 e. The van der Waals surface area contributed by atoms with Gasteiger partial charge in [-0.1, -0.05) is 25.5 Å². The molecule has 0 fully saturated rings. The Hall–Kier alpha value is -0.370. The Morgan fingerprint density at radius 3 is 2.87 bits per heavy atom. The van der Waals surface area contributed by atoms with Gasteiger partial charge in [-0.3, -0.25) is 5.84 Å². The molecule has 0 heterocycles. The third kappa shape index (κ3) is 3.30. The highest BCUT2D eigenvalue weighted by Crippen LogP contribution is 2.28. The molecule has 1 aromatic rings. The third-order valence-electron chi connectivity index (χ3n) is 2.16. The van der Waals surface area contributed by atoms with E-state index in [9.17, 15) is 5.11 Å². The highest BCUT2D eigenvalue weighted by atomic mass is 127. The van der Waals surface area contributed by atoms with Gasteiger partial charge in [0.2, 0.25) is 0 Å². The molecule has 4 nitrogen and oxygen atoms in total. The molecule has 0 saturated carbocycles. The summed E-state index contributed by atoms with van der Waals surface area (Å²) >= 11 is 2.20. The molecule has 0 bridgehead atoms. The van der Waals surface area contributed by atoms with Crippen molar-refractivity contribution in [2.24, 2.45) is 5.84 Å². The molecule has 0 amide bonds. The Labute approximate surface area is 103 Å². The Kier molecular flexibility index (Phi) is 5.30. The van der Waals surface area contributed by atoms with Crippen molar-refractivity contribution in [3.8, 4) is 0 Å². The van der Waals surface area contributed by atoms with Gasteiger partial charge in [0, 0.05) is 3.57 Å². The van der Waals surface area contributed by atoms with Crippen molar-refractivity contribution >= 4 is 28.3 Å². The van der Waals surface area contributed by atoms with E-state index in [1.54, 1.807) is 0 Å². The van der Waals surface area contributed by atoms with E-state index in [0.29, 0.717) is 0 Å². The Bertz CT molecular complexity index is 320. The molecule has 1 aromatic carbocycles. The zero-order valence-corrected chi connectivity index (χ0v) is 10.8. The first-order valence-corrected chi connectivity index (χ1v) is 5.96. The summed E-state index contributed by atoms with van der Waals surface area (Å²) < 4.78 is 0.994. The lowest BCUT2D eigenvalue weighted by Crippen LogP contribution is -2.29. The first-order valence-electron chi connectivity index (χ1n) is 4.88. The Morgan fingerprint density at radius 2 is 2.27 bits per heavy atom. The number of hydrazine groups is 2. The van der Waals surface area contributed by atoms with Crippen LogP contribution in [0.5, 0.6) is 0 Å². The molecular weight excluding hydrogens is 305 g/mol. The van der Waals surface area contributed by atoms with Crippen molar-refractivity contribution in [3.05, 3.63) is 27.3 Å². The molecule has 84 valence electrons. The van der Waals surface area contributed by atoms with Crippen molar-refractivity contribution in [2.75, 3.05) is 5.43 Å². The van der Waals surface area contributed by atoms with E-state index >= 15 is 0 Å². The molecule has 0 radical (unpaired) electrons. The lowest BCUT2D eigenvalue weighted by molar-refractivity contribution is 0.165. The molecule has 0 saturated heterocycles. The average molecular weight is 321 g/mol. The van der Waals surface area contributed by atoms with E-state index in [-0.39, 0.29) is 0 Å². The molecule has 1 unspecified atom stereocenters. The number of halogens is 1. The molecule has 0 aliphatic rings. The zero-order valence-electron chi connectivity index (χ0n) is 8.63. The van der Waals surface area contributed by atoms with Crippen molar-refractivity contribution < 1.29 is 5.11 Å². The van der Waals surface area contributed by atoms with Crippen LogP contribution in [0.1, 0.15) is 31.4 Å². The second-order valence-corrected chi connectivity index (χ2v) is 4.36. The van der Waals surface area contributed by atoms with Crippen LogP contribution in [-0.2, 0) is 0 Å². The van der Waals surface area contributed by atoms with Crippen LogP contribution in [-0.4, -0.2) is 5.11 Å². The molecule has 0 aliphatic carbocycles. The molecule has 0 aliphatic heterocycles. The van der Waals surface area contributed by atoms with Crippen LogP contribution in [0.15, 0.2) is 18.2 Å². The van der Waals surface area contributed by atoms with Crippen LogP contribution in [0.2, 0.25) is 0 Å². The lowest BCUT2D eigenvalue weighted by Gasteiger charge is -2.15. The SMILES string of the molecule is CCCC(O)c1cccc(NNN)c1I. The molecule has 5 N–H and O–H groups in total. The number of benzene rings is 1. The van der Waals surface area contributed by atoms with Crippen LogP contribution >= 0.6 is 22.6 Å². The van der Waals surface area contributed by atoms with Gasteiger partial charge in [0.25, 0.3) is 0 Å². The second kappa shape index (κ2) is 6.26. The minimum atomic E-state index is -0.401. The second-order valence-electron chi connectivity index (χ2n) is 3.28. The van der Waals surface area contributed by atoms with Crippen molar-refractivity contribution in [1.29, 1.82) is 0 Å². The van der Waals surface area contributed by atoms with E-state index < -0.39 is 6.10 Å². The predicted octanol–water partition coefficient (Wildman–Crippen LogP) is 1.91. The maximum atomic E-state index is 9.91. The fraction of sp³-hybridized carbons (Fsp3) is 0.400. The summed E-state index contributed by atoms with van der Waals surface area (Å²) in [4.78, 5) is 0. The topological polar surface area (TPSA) is 70.3 Å². The molecule has 15 heavy (non-hydrogen) atoms. The maximum Gasteiger partial charge on any atom is 0.0800 e. The van der Waals surface area contributed by atoms with Gasteiger partial charge in [-0.25, -0.2) is 0 Å². The molecule has 1 rings (SSSR count). The quantitative estimate of drug-likeness (QED) is 0.380. The van der Waals surface area contributed by atoms with Crippen molar-refractivity contribution in [1.82, 2.24) is 5.53 Å². The summed E-state index contributed by atoms with van der Waals surface area (Å²) in [6.07, 6.45) is 1.33. The van der Waals surface area contributed by atoms with Gasteiger partial charge in [-0.05, 0) is 40.6 Å². The molecular formula is C10H16IN3O. The number of nitrogens with two attached hydrogens (primary N) is 1. The monoisotopic (exact) mass is 321 g/mol. The van der Waals surface area contributed by atoms with Crippen LogP contribution in [0.25, 0.3) is 0 Å².